The van der Waals surface area contributed by atoms with E-state index in [1.807, 2.05) is 0 Å². The monoisotopic (exact) mass is 707 g/mol. The van der Waals surface area contributed by atoms with Gasteiger partial charge in [-0.2, -0.15) is 13.2 Å². The van der Waals surface area contributed by atoms with Gasteiger partial charge in [-0.25, -0.2) is 18.6 Å². The van der Waals surface area contributed by atoms with Crippen LogP contribution in [0, 0.1) is 11.6 Å². The lowest BCUT2D eigenvalue weighted by atomic mass is 10.1. The molecular formula is C28H24Cl2F5N5O5S. The fourth-order valence-corrected chi connectivity index (χ4v) is 4.70. The molecule has 0 aliphatic rings. The van der Waals surface area contributed by atoms with Crippen LogP contribution >= 0.6 is 34.5 Å². The smallest absolute Gasteiger partial charge is 0.445 e. The summed E-state index contributed by atoms with van der Waals surface area (Å²) < 4.78 is 79.2. The number of anilines is 2. The Morgan fingerprint density at radius 1 is 1.04 bits per heavy atom. The number of carbonyl (C=O) groups is 2. The average Bonchev–Trinajstić information content (AvgIpc) is 3.49. The number of esters is 1. The molecule has 0 radical (unpaired) electrons. The number of methoxy groups -OCH3 is 2. The quantitative estimate of drug-likeness (QED) is 0.151. The zero-order chi connectivity index (χ0) is 34.3. The number of ether oxygens (including phenoxy) is 3. The van der Waals surface area contributed by atoms with E-state index in [0.29, 0.717) is 5.69 Å². The highest BCUT2D eigenvalue weighted by atomic mass is 35.5. The Kier molecular flexibility index (Phi) is 12.1. The summed E-state index contributed by atoms with van der Waals surface area (Å²) in [6.07, 6.45) is -4.61. The molecule has 4 aromatic rings. The third-order valence-corrected chi connectivity index (χ3v) is 7.33. The summed E-state index contributed by atoms with van der Waals surface area (Å²) in [5.41, 5.74) is 6.23. The van der Waals surface area contributed by atoms with E-state index in [1.54, 1.807) is 13.8 Å². The molecule has 2 aromatic carbocycles. The Morgan fingerprint density at radius 2 is 1.70 bits per heavy atom. The number of amides is 1. The van der Waals surface area contributed by atoms with Crippen molar-refractivity contribution in [1.82, 2.24) is 15.2 Å². The predicted octanol–water partition coefficient (Wildman–Crippen LogP) is 7.09. The van der Waals surface area contributed by atoms with Crippen molar-refractivity contribution in [2.24, 2.45) is 0 Å². The summed E-state index contributed by atoms with van der Waals surface area (Å²) >= 11 is 12.0. The summed E-state index contributed by atoms with van der Waals surface area (Å²) in [6.45, 7) is 2.98. The topological polar surface area (TPSA) is 130 Å². The van der Waals surface area contributed by atoms with E-state index in [9.17, 15) is 31.5 Å². The molecule has 0 saturated heterocycles. The maximum Gasteiger partial charge on any atom is 0.445 e. The van der Waals surface area contributed by atoms with Crippen LogP contribution in [0.25, 0.3) is 11.3 Å². The lowest BCUT2D eigenvalue weighted by Crippen LogP contribution is -2.40. The summed E-state index contributed by atoms with van der Waals surface area (Å²) in [5.74, 6) is -2.57. The van der Waals surface area contributed by atoms with Crippen LogP contribution in [0.5, 0.6) is 10.9 Å². The number of rotatable bonds is 8. The summed E-state index contributed by atoms with van der Waals surface area (Å²) in [6, 6.07) is 9.21. The molecule has 0 atom stereocenters. The van der Waals surface area contributed by atoms with Crippen molar-refractivity contribution in [1.29, 1.82) is 0 Å². The standard InChI is InChI=1S/C14H11Cl2FN2O3.C14H13F4N3O2S/c1-21-13-7(15)4-3-6(11(13)17)9-5-8(18)10(16)12(19-9)14(20)22-2;1-8(2)21(10-5-3-9(15)4-6-10)11(22)7-23-13-20-19-12(24-13)14(16,17)18/h3-5H,1-2H3,(H2,18,19);3-6,8H,7H2,1-2H3. The molecule has 46 heavy (non-hydrogen) atoms. The van der Waals surface area contributed by atoms with Gasteiger partial charge in [0.25, 0.3) is 11.1 Å². The Balaban J connectivity index is 0.000000251. The number of halogens is 7. The maximum atomic E-state index is 14.4. The summed E-state index contributed by atoms with van der Waals surface area (Å²) in [7, 11) is 2.46. The van der Waals surface area contributed by atoms with Gasteiger partial charge >= 0.3 is 12.1 Å². The number of nitrogens with two attached hydrogens (primary N) is 1. The molecule has 2 N–H and O–H groups in total. The first kappa shape index (κ1) is 36.2. The van der Waals surface area contributed by atoms with Crippen molar-refractivity contribution in [3.8, 4) is 22.2 Å². The molecule has 0 unspecified atom stereocenters. The van der Waals surface area contributed by atoms with Gasteiger partial charge in [0, 0.05) is 17.3 Å². The number of hydrogen-bond donors (Lipinski definition) is 1. The van der Waals surface area contributed by atoms with Gasteiger partial charge < -0.3 is 24.8 Å². The Morgan fingerprint density at radius 3 is 2.24 bits per heavy atom. The molecule has 0 fully saturated rings. The lowest BCUT2D eigenvalue weighted by molar-refractivity contribution is -0.138. The summed E-state index contributed by atoms with van der Waals surface area (Å²) in [5, 5.41) is 4.77. The lowest BCUT2D eigenvalue weighted by Gasteiger charge is -2.26. The maximum absolute atomic E-state index is 14.4. The molecule has 0 saturated carbocycles. The average molecular weight is 708 g/mol. The van der Waals surface area contributed by atoms with Crippen LogP contribution in [0.3, 0.4) is 0 Å². The van der Waals surface area contributed by atoms with Gasteiger partial charge in [0.1, 0.15) is 5.82 Å². The molecule has 10 nitrogen and oxygen atoms in total. The van der Waals surface area contributed by atoms with Crippen LogP contribution in [-0.2, 0) is 15.7 Å². The van der Waals surface area contributed by atoms with Gasteiger partial charge in [0.2, 0.25) is 5.01 Å². The largest absolute Gasteiger partial charge is 0.492 e. The number of nitrogen functional groups attached to an aromatic ring is 1. The zero-order valence-electron chi connectivity index (χ0n) is 24.3. The highest BCUT2D eigenvalue weighted by Gasteiger charge is 2.36. The van der Waals surface area contributed by atoms with E-state index in [0.717, 1.165) is 0 Å². The molecule has 2 heterocycles. The summed E-state index contributed by atoms with van der Waals surface area (Å²) in [4.78, 5) is 29.3. The highest BCUT2D eigenvalue weighted by molar-refractivity contribution is 7.13. The molecule has 0 bridgehead atoms. The van der Waals surface area contributed by atoms with Crippen molar-refractivity contribution >= 4 is 57.8 Å². The van der Waals surface area contributed by atoms with Crippen molar-refractivity contribution in [2.45, 2.75) is 26.1 Å². The van der Waals surface area contributed by atoms with Crippen LogP contribution in [0.4, 0.5) is 33.3 Å². The molecular weight excluding hydrogens is 684 g/mol. The van der Waals surface area contributed by atoms with E-state index >= 15 is 0 Å². The Labute approximate surface area is 272 Å². The van der Waals surface area contributed by atoms with Crippen LogP contribution in [0.2, 0.25) is 10.0 Å². The fraction of sp³-hybridized carbons (Fsp3) is 0.250. The van der Waals surface area contributed by atoms with Crippen LogP contribution in [-0.4, -0.2) is 53.9 Å². The van der Waals surface area contributed by atoms with E-state index in [4.69, 9.17) is 38.4 Å². The van der Waals surface area contributed by atoms with Crippen molar-refractivity contribution in [2.75, 3.05) is 31.5 Å². The van der Waals surface area contributed by atoms with Crippen LogP contribution in [0.15, 0.2) is 42.5 Å². The van der Waals surface area contributed by atoms with Crippen LogP contribution in [0.1, 0.15) is 29.3 Å². The van der Waals surface area contributed by atoms with Gasteiger partial charge in [-0.15, -0.1) is 5.10 Å². The molecule has 0 aliphatic heterocycles. The van der Waals surface area contributed by atoms with Crippen molar-refractivity contribution in [3.05, 3.63) is 74.8 Å². The van der Waals surface area contributed by atoms with Gasteiger partial charge in [0.15, 0.2) is 23.9 Å². The van der Waals surface area contributed by atoms with Crippen LogP contribution < -0.4 is 20.1 Å². The van der Waals surface area contributed by atoms with Gasteiger partial charge in [-0.05, 0) is 56.3 Å². The number of pyridine rings is 1. The number of carbonyl (C=O) groups excluding carboxylic acids is 2. The number of aromatic nitrogens is 3. The van der Waals surface area contributed by atoms with E-state index < -0.39 is 41.3 Å². The number of nitrogens with zero attached hydrogens (tertiary/aromatic N) is 4. The van der Waals surface area contributed by atoms with E-state index in [2.05, 4.69) is 19.9 Å². The molecule has 4 rings (SSSR count). The highest BCUT2D eigenvalue weighted by Crippen LogP contribution is 2.37. The normalized spacial score (nSPS) is 11.0. The van der Waals surface area contributed by atoms with Crippen molar-refractivity contribution < 1.29 is 45.8 Å². The molecule has 2 aromatic heterocycles. The van der Waals surface area contributed by atoms with E-state index in [1.165, 1.54) is 61.6 Å². The van der Waals surface area contributed by atoms with Gasteiger partial charge in [-0.1, -0.05) is 39.6 Å². The van der Waals surface area contributed by atoms with Gasteiger partial charge in [-0.3, -0.25) is 4.79 Å². The molecule has 1 amide bonds. The zero-order valence-corrected chi connectivity index (χ0v) is 26.6. The number of alkyl halides is 3. The first-order chi connectivity index (χ1) is 21.6. The Bertz CT molecular complexity index is 1710. The SMILES string of the molecule is CC(C)N(C(=O)COc1nnc(C(F)(F)F)s1)c1ccc(F)cc1.COC(=O)c1nc(-c2ccc(Cl)c(OC)c2F)cc(N)c1Cl. The first-order valence-electron chi connectivity index (χ1n) is 12.8. The third-order valence-electron chi connectivity index (χ3n) is 5.75. The minimum atomic E-state index is -4.61. The second-order valence-corrected chi connectivity index (χ2v) is 10.9. The second kappa shape index (κ2) is 15.3. The minimum absolute atomic E-state index is 0.0584. The molecule has 246 valence electrons. The van der Waals surface area contributed by atoms with Crippen molar-refractivity contribution in [3.63, 3.8) is 0 Å². The Hall–Kier alpha value is -4.28. The first-order valence-corrected chi connectivity index (χ1v) is 14.3. The second-order valence-electron chi connectivity index (χ2n) is 9.19. The number of hydrogen-bond acceptors (Lipinski definition) is 10. The van der Waals surface area contributed by atoms with Gasteiger partial charge in [0.05, 0.1) is 35.6 Å². The number of benzene rings is 2. The van der Waals surface area contributed by atoms with E-state index in [-0.39, 0.29) is 61.0 Å². The fourth-order valence-electron chi connectivity index (χ4n) is 3.74. The molecule has 0 aliphatic carbocycles. The third kappa shape index (κ3) is 8.70. The molecule has 0 spiro atoms. The predicted molar refractivity (Wildman–Crippen MR) is 161 cm³/mol. The minimum Gasteiger partial charge on any atom is -0.492 e. The molecule has 18 heteroatoms.